The van der Waals surface area contributed by atoms with Crippen LogP contribution < -0.4 is 10.6 Å². The van der Waals surface area contributed by atoms with Crippen LogP contribution in [0.1, 0.15) is 35.6 Å². The van der Waals surface area contributed by atoms with E-state index in [9.17, 15) is 4.79 Å². The van der Waals surface area contributed by atoms with Crippen molar-refractivity contribution in [1.82, 2.24) is 20.4 Å². The molecule has 2 amide bonds. The zero-order valence-electron chi connectivity index (χ0n) is 15.4. The first-order chi connectivity index (χ1) is 13.2. The van der Waals surface area contributed by atoms with E-state index in [2.05, 4.69) is 46.9 Å². The van der Waals surface area contributed by atoms with E-state index in [-0.39, 0.29) is 12.1 Å². The molecule has 3 aromatic rings. The molecule has 5 heteroatoms. The lowest BCUT2D eigenvalue weighted by Gasteiger charge is -2.19. The molecule has 0 aliphatic heterocycles. The maximum absolute atomic E-state index is 12.5. The summed E-state index contributed by atoms with van der Waals surface area (Å²) < 4.78 is 1.81. The number of hydrogen-bond donors (Lipinski definition) is 2. The smallest absolute Gasteiger partial charge is 0.315 e. The van der Waals surface area contributed by atoms with Crippen molar-refractivity contribution in [3.63, 3.8) is 0 Å². The molecular formula is C22H24N4O. The molecule has 1 aliphatic carbocycles. The van der Waals surface area contributed by atoms with Gasteiger partial charge in [0, 0.05) is 18.9 Å². The minimum atomic E-state index is -0.128. The fraction of sp³-hybridized carbons (Fsp3) is 0.273. The van der Waals surface area contributed by atoms with Gasteiger partial charge in [-0.25, -0.2) is 9.48 Å². The Morgan fingerprint density at radius 3 is 2.70 bits per heavy atom. The van der Waals surface area contributed by atoms with Gasteiger partial charge in [0.15, 0.2) is 0 Å². The van der Waals surface area contributed by atoms with Crippen LogP contribution in [0.5, 0.6) is 0 Å². The second kappa shape index (κ2) is 7.66. The third-order valence-electron chi connectivity index (χ3n) is 4.95. The predicted molar refractivity (Wildman–Crippen MR) is 106 cm³/mol. The minimum Gasteiger partial charge on any atom is -0.334 e. The van der Waals surface area contributed by atoms with E-state index in [0.29, 0.717) is 12.5 Å². The first kappa shape index (κ1) is 17.3. The number of aromatic nitrogens is 2. The van der Waals surface area contributed by atoms with E-state index in [1.807, 2.05) is 41.2 Å². The largest absolute Gasteiger partial charge is 0.334 e. The third kappa shape index (κ3) is 4.37. The first-order valence-corrected chi connectivity index (χ1v) is 9.39. The Labute approximate surface area is 159 Å². The van der Waals surface area contributed by atoms with Crippen molar-refractivity contribution < 1.29 is 4.79 Å². The summed E-state index contributed by atoms with van der Waals surface area (Å²) in [6, 6.07) is 18.3. The number of rotatable bonds is 6. The summed E-state index contributed by atoms with van der Waals surface area (Å²) in [5.74, 6) is 0.543. The fourth-order valence-electron chi connectivity index (χ4n) is 3.28. The summed E-state index contributed by atoms with van der Waals surface area (Å²) in [6.07, 6.45) is 6.00. The van der Waals surface area contributed by atoms with Gasteiger partial charge in [0.2, 0.25) is 0 Å². The number of amides is 2. The molecule has 1 heterocycles. The van der Waals surface area contributed by atoms with Crippen LogP contribution in [-0.2, 0) is 6.54 Å². The second-order valence-corrected chi connectivity index (χ2v) is 7.17. The molecule has 1 fully saturated rings. The van der Waals surface area contributed by atoms with Crippen LogP contribution in [-0.4, -0.2) is 15.8 Å². The van der Waals surface area contributed by atoms with Gasteiger partial charge in [0.1, 0.15) is 0 Å². The van der Waals surface area contributed by atoms with Crippen molar-refractivity contribution in [1.29, 1.82) is 0 Å². The fourth-order valence-corrected chi connectivity index (χ4v) is 3.28. The Kier molecular flexibility index (Phi) is 4.92. The average molecular weight is 360 g/mol. The van der Waals surface area contributed by atoms with E-state index in [1.54, 1.807) is 6.20 Å². The first-order valence-electron chi connectivity index (χ1n) is 9.39. The maximum Gasteiger partial charge on any atom is 0.315 e. The molecule has 138 valence electrons. The van der Waals surface area contributed by atoms with Gasteiger partial charge < -0.3 is 10.6 Å². The minimum absolute atomic E-state index is 0.0843. The molecule has 4 rings (SSSR count). The number of carbonyl (C=O) groups excluding carboxylic acids is 1. The summed E-state index contributed by atoms with van der Waals surface area (Å²) in [4.78, 5) is 12.5. The third-order valence-corrected chi connectivity index (χ3v) is 4.95. The van der Waals surface area contributed by atoms with E-state index in [4.69, 9.17) is 0 Å². The molecule has 2 aromatic carbocycles. The molecule has 1 unspecified atom stereocenters. The molecule has 0 spiro atoms. The lowest BCUT2D eigenvalue weighted by Crippen LogP contribution is -2.38. The Hall–Kier alpha value is -3.08. The molecule has 1 saturated carbocycles. The highest BCUT2D eigenvalue weighted by atomic mass is 16.2. The molecule has 1 aliphatic rings. The molecule has 5 nitrogen and oxygen atoms in total. The van der Waals surface area contributed by atoms with Gasteiger partial charge >= 0.3 is 6.03 Å². The average Bonchev–Trinajstić information content (AvgIpc) is 3.38. The van der Waals surface area contributed by atoms with Crippen LogP contribution in [0.15, 0.2) is 67.0 Å². The Morgan fingerprint density at radius 1 is 1.19 bits per heavy atom. The number of carbonyl (C=O) groups is 1. The summed E-state index contributed by atoms with van der Waals surface area (Å²) in [5.41, 5.74) is 4.43. The zero-order valence-corrected chi connectivity index (χ0v) is 15.4. The molecule has 0 saturated heterocycles. The van der Waals surface area contributed by atoms with Crippen LogP contribution in [0, 0.1) is 12.8 Å². The molecule has 0 radical (unpaired) electrons. The molecule has 0 bridgehead atoms. The molecule has 2 N–H and O–H groups in total. The number of nitrogens with zero attached hydrogens (tertiary/aromatic N) is 2. The topological polar surface area (TPSA) is 59.0 Å². The van der Waals surface area contributed by atoms with E-state index in [1.165, 1.54) is 24.0 Å². The highest BCUT2D eigenvalue weighted by molar-refractivity contribution is 5.74. The van der Waals surface area contributed by atoms with Crippen molar-refractivity contribution in [3.8, 4) is 5.69 Å². The van der Waals surface area contributed by atoms with Gasteiger partial charge in [-0.15, -0.1) is 0 Å². The number of hydrogen-bond acceptors (Lipinski definition) is 2. The molecule has 27 heavy (non-hydrogen) atoms. The van der Waals surface area contributed by atoms with Crippen LogP contribution in [0.4, 0.5) is 4.79 Å². The number of aryl methyl sites for hydroxylation is 1. The SMILES string of the molecule is Cc1ccc(C(NC(=O)NCc2cccc(-n3cccn3)c2)C2CC2)cc1. The lowest BCUT2D eigenvalue weighted by molar-refractivity contribution is 0.235. The van der Waals surface area contributed by atoms with Crippen LogP contribution >= 0.6 is 0 Å². The van der Waals surface area contributed by atoms with E-state index in [0.717, 1.165) is 11.3 Å². The Morgan fingerprint density at radius 2 is 2.00 bits per heavy atom. The highest BCUT2D eigenvalue weighted by Crippen LogP contribution is 2.41. The summed E-state index contributed by atoms with van der Waals surface area (Å²) >= 11 is 0. The molecule has 1 aromatic heterocycles. The van der Waals surface area contributed by atoms with Crippen molar-refractivity contribution in [2.24, 2.45) is 5.92 Å². The lowest BCUT2D eigenvalue weighted by atomic mass is 10.0. The van der Waals surface area contributed by atoms with Gasteiger partial charge in [-0.3, -0.25) is 0 Å². The van der Waals surface area contributed by atoms with Gasteiger partial charge in [0.25, 0.3) is 0 Å². The Bertz CT molecular complexity index is 898. The van der Waals surface area contributed by atoms with Crippen molar-refractivity contribution in [2.45, 2.75) is 32.4 Å². The number of benzene rings is 2. The normalized spacial score (nSPS) is 14.6. The van der Waals surface area contributed by atoms with Gasteiger partial charge in [-0.1, -0.05) is 42.0 Å². The number of urea groups is 1. The maximum atomic E-state index is 12.5. The quantitative estimate of drug-likeness (QED) is 0.694. The van der Waals surface area contributed by atoms with Crippen molar-refractivity contribution in [3.05, 3.63) is 83.7 Å². The molecular weight excluding hydrogens is 336 g/mol. The summed E-state index contributed by atoms with van der Waals surface area (Å²) in [6.45, 7) is 2.56. The predicted octanol–water partition coefficient (Wildman–Crippen LogP) is 4.13. The second-order valence-electron chi connectivity index (χ2n) is 7.17. The van der Waals surface area contributed by atoms with Crippen molar-refractivity contribution >= 4 is 6.03 Å². The van der Waals surface area contributed by atoms with Crippen LogP contribution in [0.2, 0.25) is 0 Å². The molecule has 1 atom stereocenters. The van der Waals surface area contributed by atoms with Crippen LogP contribution in [0.3, 0.4) is 0 Å². The summed E-state index contributed by atoms with van der Waals surface area (Å²) in [7, 11) is 0. The Balaban J connectivity index is 1.37. The monoisotopic (exact) mass is 360 g/mol. The van der Waals surface area contributed by atoms with Gasteiger partial charge in [-0.05, 0) is 55.0 Å². The number of nitrogens with one attached hydrogen (secondary N) is 2. The van der Waals surface area contributed by atoms with Crippen LogP contribution in [0.25, 0.3) is 5.69 Å². The van der Waals surface area contributed by atoms with Gasteiger partial charge in [0.05, 0.1) is 11.7 Å². The highest BCUT2D eigenvalue weighted by Gasteiger charge is 2.33. The standard InChI is InChI=1S/C22H24N4O/c1-16-6-8-18(9-7-16)21(19-10-11-19)25-22(27)23-15-17-4-2-5-20(14-17)26-13-3-12-24-26/h2-9,12-14,19,21H,10-11,15H2,1H3,(H2,23,25,27). The van der Waals surface area contributed by atoms with E-state index < -0.39 is 0 Å². The van der Waals surface area contributed by atoms with Crippen molar-refractivity contribution in [2.75, 3.05) is 0 Å². The van der Waals surface area contributed by atoms with E-state index >= 15 is 0 Å². The zero-order chi connectivity index (χ0) is 18.6. The van der Waals surface area contributed by atoms with Gasteiger partial charge in [-0.2, -0.15) is 5.10 Å². The summed E-state index contributed by atoms with van der Waals surface area (Å²) in [5, 5.41) is 10.4.